The summed E-state index contributed by atoms with van der Waals surface area (Å²) in [6, 6.07) is 0. The molecule has 110 valence electrons. The van der Waals surface area contributed by atoms with E-state index in [1.807, 2.05) is 0 Å². The summed E-state index contributed by atoms with van der Waals surface area (Å²) < 4.78 is 32.2. The Bertz CT molecular complexity index is 590. The smallest absolute Gasteiger partial charge is 0.310 e. The quantitative estimate of drug-likeness (QED) is 0.810. The van der Waals surface area contributed by atoms with Gasteiger partial charge in [0, 0.05) is 0 Å². The third-order valence-electron chi connectivity index (χ3n) is 3.22. The number of methoxy groups -OCH3 is 1. The van der Waals surface area contributed by atoms with Gasteiger partial charge in [-0.3, -0.25) is 9.52 Å². The van der Waals surface area contributed by atoms with E-state index in [4.69, 9.17) is 0 Å². The molecular formula is C11H14BrN3O4S. The van der Waals surface area contributed by atoms with E-state index < -0.39 is 27.2 Å². The molecule has 0 spiro atoms. The van der Waals surface area contributed by atoms with Crippen LogP contribution in [0.3, 0.4) is 0 Å². The number of anilines is 1. The molecule has 0 amide bonds. The number of nitrogens with one attached hydrogen (secondary N) is 1. The van der Waals surface area contributed by atoms with Crippen molar-refractivity contribution in [3.8, 4) is 0 Å². The molecule has 1 aliphatic rings. The average molecular weight is 364 g/mol. The molecule has 1 fully saturated rings. The minimum atomic E-state index is -3.70. The second-order valence-electron chi connectivity index (χ2n) is 4.47. The van der Waals surface area contributed by atoms with Crippen molar-refractivity contribution in [2.24, 2.45) is 5.92 Å². The molecule has 2 atom stereocenters. The lowest BCUT2D eigenvalue weighted by molar-refractivity contribution is -0.145. The number of halogens is 1. The van der Waals surface area contributed by atoms with Gasteiger partial charge in [-0.25, -0.2) is 18.4 Å². The van der Waals surface area contributed by atoms with E-state index in [0.29, 0.717) is 23.9 Å². The highest BCUT2D eigenvalue weighted by atomic mass is 79.9. The molecule has 2 rings (SSSR count). The van der Waals surface area contributed by atoms with Gasteiger partial charge in [0.05, 0.1) is 30.7 Å². The summed E-state index contributed by atoms with van der Waals surface area (Å²) in [5.74, 6) is -0.982. The minimum Gasteiger partial charge on any atom is -0.469 e. The van der Waals surface area contributed by atoms with Gasteiger partial charge in [-0.15, -0.1) is 0 Å². The van der Waals surface area contributed by atoms with Crippen molar-refractivity contribution >= 4 is 37.7 Å². The average Bonchev–Trinajstić information content (AvgIpc) is 2.90. The molecule has 1 aliphatic carbocycles. The van der Waals surface area contributed by atoms with Crippen molar-refractivity contribution in [3.05, 3.63) is 17.0 Å². The highest BCUT2D eigenvalue weighted by molar-refractivity contribution is 9.10. The summed E-state index contributed by atoms with van der Waals surface area (Å²) in [6.45, 7) is 0. The first-order valence-corrected chi connectivity index (χ1v) is 8.35. The van der Waals surface area contributed by atoms with Gasteiger partial charge in [-0.2, -0.15) is 0 Å². The van der Waals surface area contributed by atoms with Crippen LogP contribution >= 0.6 is 15.9 Å². The van der Waals surface area contributed by atoms with E-state index in [2.05, 4.69) is 35.4 Å². The number of carbonyl (C=O) groups excluding carboxylic acids is 1. The highest BCUT2D eigenvalue weighted by Gasteiger charge is 2.42. The molecule has 1 heterocycles. The SMILES string of the molecule is COC(=O)C1CCCC1S(=O)(=O)Nc1cnc(Br)cn1. The molecule has 0 aromatic carbocycles. The van der Waals surface area contributed by atoms with Crippen molar-refractivity contribution in [1.82, 2.24) is 9.97 Å². The summed E-state index contributed by atoms with van der Waals surface area (Å²) in [5, 5.41) is -0.791. The van der Waals surface area contributed by atoms with Crippen molar-refractivity contribution in [3.63, 3.8) is 0 Å². The molecule has 1 aromatic heterocycles. The van der Waals surface area contributed by atoms with Crippen LogP contribution < -0.4 is 4.72 Å². The lowest BCUT2D eigenvalue weighted by atomic mass is 10.1. The Labute approximate surface area is 125 Å². The number of carbonyl (C=O) groups is 1. The summed E-state index contributed by atoms with van der Waals surface area (Å²) in [7, 11) is -2.44. The number of sulfonamides is 1. The van der Waals surface area contributed by atoms with E-state index in [1.165, 1.54) is 19.5 Å². The zero-order chi connectivity index (χ0) is 14.8. The van der Waals surface area contributed by atoms with E-state index >= 15 is 0 Å². The lowest BCUT2D eigenvalue weighted by Crippen LogP contribution is -2.35. The molecule has 1 aromatic rings. The van der Waals surface area contributed by atoms with Gasteiger partial charge in [0.25, 0.3) is 0 Å². The zero-order valence-corrected chi connectivity index (χ0v) is 13.1. The number of ether oxygens (including phenoxy) is 1. The van der Waals surface area contributed by atoms with Crippen molar-refractivity contribution in [2.75, 3.05) is 11.8 Å². The van der Waals surface area contributed by atoms with Crippen LogP contribution in [0.15, 0.2) is 17.0 Å². The van der Waals surface area contributed by atoms with Crippen molar-refractivity contribution < 1.29 is 17.9 Å². The molecule has 0 radical (unpaired) electrons. The van der Waals surface area contributed by atoms with E-state index in [9.17, 15) is 13.2 Å². The molecule has 1 saturated carbocycles. The number of hydrogen-bond acceptors (Lipinski definition) is 6. The van der Waals surface area contributed by atoms with Crippen LogP contribution in [0, 0.1) is 5.92 Å². The van der Waals surface area contributed by atoms with Crippen LogP contribution in [-0.4, -0.2) is 36.7 Å². The minimum absolute atomic E-state index is 0.128. The van der Waals surface area contributed by atoms with E-state index in [0.717, 1.165) is 0 Å². The summed E-state index contributed by atoms with van der Waals surface area (Å²) >= 11 is 3.12. The normalized spacial score (nSPS) is 22.5. The predicted molar refractivity (Wildman–Crippen MR) is 75.4 cm³/mol. The molecule has 2 unspecified atom stereocenters. The van der Waals surface area contributed by atoms with Gasteiger partial charge in [-0.05, 0) is 28.8 Å². The fourth-order valence-corrected chi connectivity index (χ4v) is 4.21. The Balaban J connectivity index is 2.17. The Morgan fingerprint density at radius 2 is 2.15 bits per heavy atom. The first-order valence-electron chi connectivity index (χ1n) is 6.01. The van der Waals surface area contributed by atoms with E-state index in [-0.39, 0.29) is 5.82 Å². The number of aromatic nitrogens is 2. The van der Waals surface area contributed by atoms with Gasteiger partial charge < -0.3 is 4.74 Å². The second-order valence-corrected chi connectivity index (χ2v) is 7.18. The number of nitrogens with zero attached hydrogens (tertiary/aromatic N) is 2. The molecular weight excluding hydrogens is 350 g/mol. The van der Waals surface area contributed by atoms with Crippen LogP contribution in [0.25, 0.3) is 0 Å². The summed E-state index contributed by atoms with van der Waals surface area (Å²) in [6.07, 6.45) is 4.33. The van der Waals surface area contributed by atoms with Crippen LogP contribution in [0.4, 0.5) is 5.82 Å². The fourth-order valence-electron chi connectivity index (χ4n) is 2.30. The first kappa shape index (κ1) is 15.2. The van der Waals surface area contributed by atoms with Crippen molar-refractivity contribution in [2.45, 2.75) is 24.5 Å². The van der Waals surface area contributed by atoms with Gasteiger partial charge in [-0.1, -0.05) is 6.42 Å². The monoisotopic (exact) mass is 363 g/mol. The van der Waals surface area contributed by atoms with Gasteiger partial charge >= 0.3 is 5.97 Å². The standard InChI is InChI=1S/C11H14BrN3O4S/c1-19-11(16)7-3-2-4-8(7)20(17,18)15-10-6-13-9(12)5-14-10/h5-8H,2-4H2,1H3,(H,14,15). The number of hydrogen-bond donors (Lipinski definition) is 1. The Morgan fingerprint density at radius 3 is 2.75 bits per heavy atom. The molecule has 1 N–H and O–H groups in total. The van der Waals surface area contributed by atoms with Gasteiger partial charge in [0.15, 0.2) is 5.82 Å². The lowest BCUT2D eigenvalue weighted by Gasteiger charge is -2.18. The van der Waals surface area contributed by atoms with E-state index in [1.54, 1.807) is 0 Å². The Kier molecular flexibility index (Phi) is 4.59. The predicted octanol–water partition coefficient (Wildman–Crippen LogP) is 1.32. The molecule has 0 bridgehead atoms. The zero-order valence-electron chi connectivity index (χ0n) is 10.7. The third kappa shape index (κ3) is 3.26. The number of rotatable bonds is 4. The Hall–Kier alpha value is -1.22. The third-order valence-corrected chi connectivity index (χ3v) is 5.49. The Morgan fingerprint density at radius 1 is 1.40 bits per heavy atom. The van der Waals surface area contributed by atoms with Gasteiger partial charge in [0.2, 0.25) is 10.0 Å². The molecule has 7 nitrogen and oxygen atoms in total. The van der Waals surface area contributed by atoms with Crippen LogP contribution in [0.2, 0.25) is 0 Å². The molecule has 0 saturated heterocycles. The largest absolute Gasteiger partial charge is 0.469 e. The maximum absolute atomic E-state index is 12.3. The molecule has 20 heavy (non-hydrogen) atoms. The summed E-state index contributed by atoms with van der Waals surface area (Å²) in [5.41, 5.74) is 0. The summed E-state index contributed by atoms with van der Waals surface area (Å²) in [4.78, 5) is 19.4. The van der Waals surface area contributed by atoms with Gasteiger partial charge in [0.1, 0.15) is 4.60 Å². The second kappa shape index (κ2) is 6.04. The highest BCUT2D eigenvalue weighted by Crippen LogP contribution is 2.32. The maximum Gasteiger partial charge on any atom is 0.310 e. The molecule has 9 heteroatoms. The number of esters is 1. The fraction of sp³-hybridized carbons (Fsp3) is 0.545. The first-order chi connectivity index (χ1) is 9.44. The molecule has 0 aliphatic heterocycles. The van der Waals surface area contributed by atoms with Crippen molar-refractivity contribution in [1.29, 1.82) is 0 Å². The van der Waals surface area contributed by atoms with Crippen LogP contribution in [0.1, 0.15) is 19.3 Å². The maximum atomic E-state index is 12.3. The van der Waals surface area contributed by atoms with Crippen LogP contribution in [-0.2, 0) is 19.6 Å². The van der Waals surface area contributed by atoms with Crippen LogP contribution in [0.5, 0.6) is 0 Å². The topological polar surface area (TPSA) is 98.2 Å².